The van der Waals surface area contributed by atoms with Crippen LogP contribution in [0.3, 0.4) is 0 Å². The van der Waals surface area contributed by atoms with Crippen LogP contribution in [0.2, 0.25) is 0 Å². The zero-order valence-electron chi connectivity index (χ0n) is 20.6. The maximum absolute atomic E-state index is 14.0. The standard InChI is InChI=1S/C31H24BrN3O3/c1-37-27-18-22(17-25(32)28(27)38-19-20-10-4-2-5-11-20)30-34-29-24(16-21-12-8-9-15-26(21)33-29)31(36)35(30)23-13-6-3-7-14-23/h2-18,30H,19H2,1H3,(H,33,34). The van der Waals surface area contributed by atoms with Gasteiger partial charge in [-0.05, 0) is 57.9 Å². The Morgan fingerprint density at radius 1 is 0.921 bits per heavy atom. The van der Waals surface area contributed by atoms with Crippen LogP contribution in [-0.2, 0) is 6.61 Å². The first-order valence-electron chi connectivity index (χ1n) is 12.2. The van der Waals surface area contributed by atoms with E-state index < -0.39 is 6.17 Å². The molecule has 5 aromatic rings. The number of aromatic nitrogens is 1. The average molecular weight is 566 g/mol. The fourth-order valence-electron chi connectivity index (χ4n) is 4.68. The number of hydrogen-bond donors (Lipinski definition) is 1. The number of halogens is 1. The molecule has 0 bridgehead atoms. The first-order chi connectivity index (χ1) is 18.6. The Balaban J connectivity index is 1.43. The minimum atomic E-state index is -0.528. The van der Waals surface area contributed by atoms with Crippen molar-refractivity contribution < 1.29 is 14.3 Å². The van der Waals surface area contributed by atoms with Crippen molar-refractivity contribution in [2.75, 3.05) is 17.3 Å². The fourth-order valence-corrected chi connectivity index (χ4v) is 5.26. The van der Waals surface area contributed by atoms with Gasteiger partial charge in [-0.2, -0.15) is 0 Å². The number of amides is 1. The third kappa shape index (κ3) is 4.46. The van der Waals surface area contributed by atoms with Crippen LogP contribution in [0.1, 0.15) is 27.7 Å². The number of pyridine rings is 1. The van der Waals surface area contributed by atoms with Crippen molar-refractivity contribution in [3.63, 3.8) is 0 Å². The molecule has 1 N–H and O–H groups in total. The number of nitrogens with zero attached hydrogens (tertiary/aromatic N) is 2. The van der Waals surface area contributed by atoms with E-state index in [4.69, 9.17) is 14.5 Å². The summed E-state index contributed by atoms with van der Waals surface area (Å²) in [5.41, 5.74) is 3.99. The van der Waals surface area contributed by atoms with Gasteiger partial charge in [-0.3, -0.25) is 9.69 Å². The Labute approximate surface area is 229 Å². The number of anilines is 2. The van der Waals surface area contributed by atoms with Crippen LogP contribution in [0.4, 0.5) is 11.5 Å². The lowest BCUT2D eigenvalue weighted by Crippen LogP contribution is -2.43. The normalized spacial score (nSPS) is 14.6. The molecule has 0 fully saturated rings. The second-order valence-electron chi connectivity index (χ2n) is 8.94. The zero-order chi connectivity index (χ0) is 26.1. The van der Waals surface area contributed by atoms with Gasteiger partial charge in [-0.15, -0.1) is 0 Å². The first kappa shape index (κ1) is 24.0. The van der Waals surface area contributed by atoms with E-state index in [0.29, 0.717) is 29.5 Å². The molecule has 0 radical (unpaired) electrons. The maximum atomic E-state index is 14.0. The van der Waals surface area contributed by atoms with Crippen LogP contribution < -0.4 is 19.7 Å². The molecule has 1 aliphatic rings. The number of hydrogen-bond acceptors (Lipinski definition) is 5. The molecular weight excluding hydrogens is 542 g/mol. The molecule has 6 rings (SSSR count). The van der Waals surface area contributed by atoms with Gasteiger partial charge in [0.1, 0.15) is 18.6 Å². The highest BCUT2D eigenvalue weighted by atomic mass is 79.9. The van der Waals surface area contributed by atoms with Crippen molar-refractivity contribution in [1.29, 1.82) is 0 Å². The predicted octanol–water partition coefficient (Wildman–Crippen LogP) is 7.36. The number of ether oxygens (including phenoxy) is 2. The van der Waals surface area contributed by atoms with Gasteiger partial charge >= 0.3 is 0 Å². The highest BCUT2D eigenvalue weighted by Gasteiger charge is 2.36. The van der Waals surface area contributed by atoms with Gasteiger partial charge in [0.05, 0.1) is 22.7 Å². The highest BCUT2D eigenvalue weighted by molar-refractivity contribution is 9.10. The molecule has 1 amide bonds. The summed E-state index contributed by atoms with van der Waals surface area (Å²) in [6.45, 7) is 0.399. The summed E-state index contributed by atoms with van der Waals surface area (Å²) in [6.07, 6.45) is -0.528. The lowest BCUT2D eigenvalue weighted by Gasteiger charge is -2.38. The third-order valence-electron chi connectivity index (χ3n) is 6.53. The Morgan fingerprint density at radius 3 is 2.39 bits per heavy atom. The van der Waals surface area contributed by atoms with Crippen molar-refractivity contribution in [2.24, 2.45) is 0 Å². The minimum Gasteiger partial charge on any atom is -0.493 e. The van der Waals surface area contributed by atoms with Crippen LogP contribution >= 0.6 is 15.9 Å². The number of rotatable bonds is 6. The third-order valence-corrected chi connectivity index (χ3v) is 7.12. The summed E-state index contributed by atoms with van der Waals surface area (Å²) in [7, 11) is 1.61. The number of benzene rings is 4. The van der Waals surface area contributed by atoms with Crippen molar-refractivity contribution in [2.45, 2.75) is 12.8 Å². The van der Waals surface area contributed by atoms with E-state index in [1.54, 1.807) is 12.0 Å². The highest BCUT2D eigenvalue weighted by Crippen LogP contribution is 2.43. The molecule has 0 saturated heterocycles. The molecule has 0 saturated carbocycles. The van der Waals surface area contributed by atoms with Crippen LogP contribution in [0.15, 0.2) is 108 Å². The fraction of sp³-hybridized carbons (Fsp3) is 0.0968. The minimum absolute atomic E-state index is 0.132. The van der Waals surface area contributed by atoms with Gasteiger partial charge in [0.25, 0.3) is 5.91 Å². The quantitative estimate of drug-likeness (QED) is 0.233. The Morgan fingerprint density at radius 2 is 1.63 bits per heavy atom. The topological polar surface area (TPSA) is 63.7 Å². The maximum Gasteiger partial charge on any atom is 0.264 e. The van der Waals surface area contributed by atoms with Gasteiger partial charge < -0.3 is 14.8 Å². The van der Waals surface area contributed by atoms with Gasteiger partial charge in [0.15, 0.2) is 11.5 Å². The number of fused-ring (bicyclic) bond motifs is 2. The number of carbonyl (C=O) groups is 1. The van der Waals surface area contributed by atoms with E-state index in [2.05, 4.69) is 21.2 Å². The second kappa shape index (κ2) is 10.2. The van der Waals surface area contributed by atoms with E-state index in [9.17, 15) is 4.79 Å². The summed E-state index contributed by atoms with van der Waals surface area (Å²) in [5, 5.41) is 4.43. The molecule has 188 valence electrons. The SMILES string of the molecule is COc1cc(C2Nc3nc4ccccc4cc3C(=O)N2c2ccccc2)cc(Br)c1OCc1ccccc1. The number of para-hydroxylation sites is 2. The van der Waals surface area contributed by atoms with Crippen LogP contribution in [0.25, 0.3) is 10.9 Å². The summed E-state index contributed by atoms with van der Waals surface area (Å²) >= 11 is 3.68. The Bertz CT molecular complexity index is 1630. The van der Waals surface area contributed by atoms with E-state index >= 15 is 0 Å². The van der Waals surface area contributed by atoms with Gasteiger partial charge in [0, 0.05) is 16.6 Å². The predicted molar refractivity (Wildman–Crippen MR) is 153 cm³/mol. The smallest absolute Gasteiger partial charge is 0.264 e. The summed E-state index contributed by atoms with van der Waals surface area (Å²) < 4.78 is 12.6. The average Bonchev–Trinajstić information content (AvgIpc) is 2.96. The molecule has 6 nitrogen and oxygen atoms in total. The summed E-state index contributed by atoms with van der Waals surface area (Å²) in [4.78, 5) is 20.5. The van der Waals surface area contributed by atoms with E-state index in [1.165, 1.54) is 0 Å². The zero-order valence-corrected chi connectivity index (χ0v) is 22.2. The summed E-state index contributed by atoms with van der Waals surface area (Å²) in [5.74, 6) is 1.57. The molecule has 1 aliphatic heterocycles. The molecule has 1 atom stereocenters. The van der Waals surface area contributed by atoms with Gasteiger partial charge in [-0.1, -0.05) is 66.7 Å². The van der Waals surface area contributed by atoms with Crippen LogP contribution in [0.5, 0.6) is 11.5 Å². The van der Waals surface area contributed by atoms with Crippen molar-refractivity contribution in [3.8, 4) is 11.5 Å². The molecule has 2 heterocycles. The van der Waals surface area contributed by atoms with Crippen LogP contribution in [-0.4, -0.2) is 18.0 Å². The molecule has 7 heteroatoms. The molecule has 1 aromatic heterocycles. The van der Waals surface area contributed by atoms with E-state index in [0.717, 1.165) is 32.2 Å². The van der Waals surface area contributed by atoms with Crippen molar-refractivity contribution in [3.05, 3.63) is 124 Å². The van der Waals surface area contributed by atoms with Crippen molar-refractivity contribution in [1.82, 2.24) is 4.98 Å². The molecule has 0 spiro atoms. The van der Waals surface area contributed by atoms with E-state index in [-0.39, 0.29) is 5.91 Å². The Kier molecular flexibility index (Phi) is 6.43. The number of methoxy groups -OCH3 is 1. The molecular formula is C31H24BrN3O3. The lowest BCUT2D eigenvalue weighted by molar-refractivity contribution is 0.0974. The Hall–Kier alpha value is -4.36. The van der Waals surface area contributed by atoms with Gasteiger partial charge in [-0.25, -0.2) is 4.98 Å². The second-order valence-corrected chi connectivity index (χ2v) is 9.80. The van der Waals surface area contributed by atoms with Crippen LogP contribution in [0, 0.1) is 0 Å². The van der Waals surface area contributed by atoms with Crippen molar-refractivity contribution >= 4 is 44.2 Å². The van der Waals surface area contributed by atoms with Gasteiger partial charge in [0.2, 0.25) is 0 Å². The monoisotopic (exact) mass is 565 g/mol. The molecule has 4 aromatic carbocycles. The largest absolute Gasteiger partial charge is 0.493 e. The lowest BCUT2D eigenvalue weighted by atomic mass is 10.0. The molecule has 0 aliphatic carbocycles. The number of carbonyl (C=O) groups excluding carboxylic acids is 1. The molecule has 1 unspecified atom stereocenters. The summed E-state index contributed by atoms with van der Waals surface area (Å²) in [6, 6.07) is 33.1. The van der Waals surface area contributed by atoms with E-state index in [1.807, 2.05) is 103 Å². The number of nitrogens with one attached hydrogen (secondary N) is 1. The first-order valence-corrected chi connectivity index (χ1v) is 13.0. The molecule has 38 heavy (non-hydrogen) atoms.